The molecule has 0 rings (SSSR count). The normalized spacial score (nSPS) is 15.1. The predicted octanol–water partition coefficient (Wildman–Crippen LogP) is 3.45. The van der Waals surface area contributed by atoms with Crippen LogP contribution in [0.2, 0.25) is 0 Å². The van der Waals surface area contributed by atoms with E-state index >= 15 is 0 Å². The van der Waals surface area contributed by atoms with Gasteiger partial charge in [-0.3, -0.25) is 4.79 Å². The summed E-state index contributed by atoms with van der Waals surface area (Å²) in [4.78, 5) is 11.5. The summed E-state index contributed by atoms with van der Waals surface area (Å²) in [5.41, 5.74) is -0.500. The van der Waals surface area contributed by atoms with Gasteiger partial charge in [0.25, 0.3) is 0 Å². The highest BCUT2D eigenvalue weighted by Crippen LogP contribution is 2.20. The Morgan fingerprint density at radius 3 is 2.25 bits per heavy atom. The first-order valence-corrected chi connectivity index (χ1v) is 7.83. The van der Waals surface area contributed by atoms with Gasteiger partial charge in [-0.15, -0.1) is 0 Å². The van der Waals surface area contributed by atoms with Crippen LogP contribution in [0.25, 0.3) is 0 Å². The summed E-state index contributed by atoms with van der Waals surface area (Å²) in [5.74, 6) is -0.747. The minimum absolute atomic E-state index is 0.289. The van der Waals surface area contributed by atoms with Crippen molar-refractivity contribution in [1.82, 2.24) is 5.32 Å². The van der Waals surface area contributed by atoms with E-state index < -0.39 is 11.5 Å². The Kier molecular flexibility index (Phi) is 9.06. The molecule has 1 unspecified atom stereocenters. The highest BCUT2D eigenvalue weighted by molar-refractivity contribution is 5.78. The second kappa shape index (κ2) is 9.35. The average molecular weight is 287 g/mol. The lowest BCUT2D eigenvalue weighted by Gasteiger charge is -2.29. The van der Waals surface area contributed by atoms with E-state index in [9.17, 15) is 9.90 Å². The Morgan fingerprint density at radius 1 is 1.15 bits per heavy atom. The first kappa shape index (κ1) is 19.4. The van der Waals surface area contributed by atoms with E-state index in [2.05, 4.69) is 26.1 Å². The van der Waals surface area contributed by atoms with Crippen LogP contribution in [0.1, 0.15) is 66.7 Å². The molecular formula is C16H33NO3. The highest BCUT2D eigenvalue weighted by atomic mass is 16.5. The quantitative estimate of drug-likeness (QED) is 0.571. The molecule has 0 aromatic heterocycles. The highest BCUT2D eigenvalue weighted by Gasteiger charge is 2.35. The largest absolute Gasteiger partial charge is 0.480 e. The molecule has 4 heteroatoms. The monoisotopic (exact) mass is 287 g/mol. The van der Waals surface area contributed by atoms with Crippen LogP contribution in [-0.2, 0) is 9.53 Å². The molecule has 120 valence electrons. The molecule has 0 aromatic carbocycles. The number of carboxylic acids is 1. The van der Waals surface area contributed by atoms with Crippen molar-refractivity contribution in [3.8, 4) is 0 Å². The second-order valence-corrected chi connectivity index (χ2v) is 6.69. The molecule has 0 bridgehead atoms. The third-order valence-corrected chi connectivity index (χ3v) is 3.61. The van der Waals surface area contributed by atoms with Crippen molar-refractivity contribution in [2.45, 2.75) is 72.3 Å². The lowest BCUT2D eigenvalue weighted by atomic mass is 9.90. The zero-order valence-corrected chi connectivity index (χ0v) is 13.9. The van der Waals surface area contributed by atoms with Crippen molar-refractivity contribution in [2.24, 2.45) is 5.41 Å². The van der Waals surface area contributed by atoms with Crippen molar-refractivity contribution in [3.63, 3.8) is 0 Å². The van der Waals surface area contributed by atoms with Gasteiger partial charge in [0.2, 0.25) is 0 Å². The smallest absolute Gasteiger partial charge is 0.323 e. The maximum absolute atomic E-state index is 11.5. The van der Waals surface area contributed by atoms with Crippen LogP contribution < -0.4 is 5.32 Å². The Labute approximate surface area is 124 Å². The van der Waals surface area contributed by atoms with Gasteiger partial charge in [0, 0.05) is 13.2 Å². The Morgan fingerprint density at radius 2 is 1.80 bits per heavy atom. The maximum atomic E-state index is 11.5. The molecule has 2 N–H and O–H groups in total. The van der Waals surface area contributed by atoms with Crippen LogP contribution in [0, 0.1) is 5.41 Å². The molecule has 0 amide bonds. The van der Waals surface area contributed by atoms with Crippen molar-refractivity contribution in [2.75, 3.05) is 19.8 Å². The minimum atomic E-state index is -0.788. The summed E-state index contributed by atoms with van der Waals surface area (Å²) in [6.45, 7) is 12.7. The average Bonchev–Trinajstić information content (AvgIpc) is 2.35. The van der Waals surface area contributed by atoms with Gasteiger partial charge in [-0.1, -0.05) is 34.6 Å². The zero-order chi connectivity index (χ0) is 15.6. The van der Waals surface area contributed by atoms with Gasteiger partial charge in [-0.25, -0.2) is 0 Å². The number of rotatable bonds is 11. The molecule has 0 aliphatic carbocycles. The summed E-state index contributed by atoms with van der Waals surface area (Å²) in [7, 11) is 0. The number of aliphatic carboxylic acids is 1. The van der Waals surface area contributed by atoms with Gasteiger partial charge in [0.1, 0.15) is 5.54 Å². The van der Waals surface area contributed by atoms with Crippen molar-refractivity contribution in [1.29, 1.82) is 0 Å². The van der Waals surface area contributed by atoms with E-state index in [1.165, 1.54) is 0 Å². The van der Waals surface area contributed by atoms with Crippen LogP contribution in [0.3, 0.4) is 0 Å². The molecule has 0 radical (unpaired) electrons. The van der Waals surface area contributed by atoms with E-state index in [1.54, 1.807) is 0 Å². The molecule has 20 heavy (non-hydrogen) atoms. The van der Waals surface area contributed by atoms with E-state index in [0.717, 1.165) is 32.4 Å². The van der Waals surface area contributed by atoms with E-state index in [-0.39, 0.29) is 5.41 Å². The summed E-state index contributed by atoms with van der Waals surface area (Å²) in [6.07, 6.45) is 3.97. The summed E-state index contributed by atoms with van der Waals surface area (Å²) in [6, 6.07) is 0. The van der Waals surface area contributed by atoms with Crippen LogP contribution in [0.5, 0.6) is 0 Å². The predicted molar refractivity (Wildman–Crippen MR) is 83.1 cm³/mol. The number of hydrogen-bond acceptors (Lipinski definition) is 3. The number of carboxylic acid groups (broad SMARTS) is 1. The van der Waals surface area contributed by atoms with Crippen LogP contribution >= 0.6 is 0 Å². The van der Waals surface area contributed by atoms with E-state index in [4.69, 9.17) is 4.74 Å². The lowest BCUT2D eigenvalue weighted by molar-refractivity contribution is -0.145. The second-order valence-electron chi connectivity index (χ2n) is 6.69. The Hall–Kier alpha value is -0.610. The summed E-state index contributed by atoms with van der Waals surface area (Å²) >= 11 is 0. The lowest BCUT2D eigenvalue weighted by Crippen LogP contribution is -2.52. The third kappa shape index (κ3) is 7.85. The van der Waals surface area contributed by atoms with E-state index in [1.807, 2.05) is 13.8 Å². The molecule has 0 heterocycles. The molecule has 0 saturated carbocycles. The van der Waals surface area contributed by atoms with Crippen molar-refractivity contribution in [3.05, 3.63) is 0 Å². The van der Waals surface area contributed by atoms with Gasteiger partial charge < -0.3 is 15.2 Å². The van der Waals surface area contributed by atoms with Gasteiger partial charge in [0.05, 0.1) is 0 Å². The molecule has 0 aliphatic rings. The molecule has 1 atom stereocenters. The Balaban J connectivity index is 4.05. The molecule has 0 saturated heterocycles. The van der Waals surface area contributed by atoms with Gasteiger partial charge >= 0.3 is 5.97 Å². The van der Waals surface area contributed by atoms with E-state index in [0.29, 0.717) is 19.4 Å². The molecule has 0 aromatic rings. The fourth-order valence-electron chi connectivity index (χ4n) is 2.04. The first-order chi connectivity index (χ1) is 9.27. The third-order valence-electron chi connectivity index (χ3n) is 3.61. The zero-order valence-electron chi connectivity index (χ0n) is 13.9. The van der Waals surface area contributed by atoms with Crippen molar-refractivity contribution >= 4 is 5.97 Å². The fourth-order valence-corrected chi connectivity index (χ4v) is 2.04. The summed E-state index contributed by atoms with van der Waals surface area (Å²) in [5, 5.41) is 12.6. The number of ether oxygens (including phenoxy) is 1. The minimum Gasteiger partial charge on any atom is -0.480 e. The van der Waals surface area contributed by atoms with Crippen LogP contribution in [-0.4, -0.2) is 36.4 Å². The fraction of sp³-hybridized carbons (Fsp3) is 0.938. The van der Waals surface area contributed by atoms with Gasteiger partial charge in [-0.05, 0) is 44.1 Å². The Bertz CT molecular complexity index is 273. The molecule has 0 fully saturated rings. The van der Waals surface area contributed by atoms with Crippen LogP contribution in [0.15, 0.2) is 0 Å². The standard InChI is InChI=1S/C16H33NO3/c1-6-11-17-16(7-2,14(18)19)9-8-12-20-13-10-15(3,4)5/h17H,6-13H2,1-5H3,(H,18,19). The molecule has 0 aliphatic heterocycles. The molecule has 4 nitrogen and oxygen atoms in total. The van der Waals surface area contributed by atoms with Gasteiger partial charge in [-0.2, -0.15) is 0 Å². The first-order valence-electron chi connectivity index (χ1n) is 7.83. The number of carbonyl (C=O) groups is 1. The van der Waals surface area contributed by atoms with Crippen molar-refractivity contribution < 1.29 is 14.6 Å². The SMILES string of the molecule is CCCNC(CC)(CCCOCCC(C)(C)C)C(=O)O. The molecular weight excluding hydrogens is 254 g/mol. The number of nitrogens with one attached hydrogen (secondary N) is 1. The summed E-state index contributed by atoms with van der Waals surface area (Å²) < 4.78 is 5.61. The topological polar surface area (TPSA) is 58.6 Å². The number of hydrogen-bond donors (Lipinski definition) is 2. The molecule has 0 spiro atoms. The van der Waals surface area contributed by atoms with Crippen LogP contribution in [0.4, 0.5) is 0 Å². The maximum Gasteiger partial charge on any atom is 0.323 e. The van der Waals surface area contributed by atoms with Gasteiger partial charge in [0.15, 0.2) is 0 Å².